The minimum absolute atomic E-state index is 0.580. The van der Waals surface area contributed by atoms with Crippen LogP contribution < -0.4 is 4.90 Å². The molecule has 4 rings (SSSR count). The van der Waals surface area contributed by atoms with Crippen LogP contribution in [0.5, 0.6) is 0 Å². The van der Waals surface area contributed by atoms with Gasteiger partial charge in [-0.05, 0) is 12.1 Å². The summed E-state index contributed by atoms with van der Waals surface area (Å²) in [5.41, 5.74) is 1.78. The second-order valence-corrected chi connectivity index (χ2v) is 5.21. The SMILES string of the molecule is C(#Cc1cnc2nc(N3CCOCC3)nn2c1)c1ccccc1. The van der Waals surface area contributed by atoms with E-state index in [-0.39, 0.29) is 0 Å². The molecule has 0 saturated carbocycles. The lowest BCUT2D eigenvalue weighted by atomic mass is 10.2. The highest BCUT2D eigenvalue weighted by atomic mass is 16.5. The second kappa shape index (κ2) is 6.07. The van der Waals surface area contributed by atoms with Crippen molar-refractivity contribution in [3.8, 4) is 11.8 Å². The zero-order valence-electron chi connectivity index (χ0n) is 12.5. The Bertz CT molecular complexity index is 872. The smallest absolute Gasteiger partial charge is 0.254 e. The molecule has 2 aromatic heterocycles. The third kappa shape index (κ3) is 3.00. The molecule has 6 heteroatoms. The largest absolute Gasteiger partial charge is 0.378 e. The van der Waals surface area contributed by atoms with E-state index in [1.54, 1.807) is 10.7 Å². The van der Waals surface area contributed by atoms with Gasteiger partial charge in [-0.3, -0.25) is 0 Å². The zero-order chi connectivity index (χ0) is 15.5. The molecule has 0 bridgehead atoms. The van der Waals surface area contributed by atoms with Crippen LogP contribution in [0.1, 0.15) is 11.1 Å². The van der Waals surface area contributed by atoms with Crippen molar-refractivity contribution in [1.29, 1.82) is 0 Å². The second-order valence-electron chi connectivity index (χ2n) is 5.21. The molecule has 0 atom stereocenters. The molecule has 6 nitrogen and oxygen atoms in total. The number of rotatable bonds is 1. The van der Waals surface area contributed by atoms with Crippen LogP contribution in [0.4, 0.5) is 5.95 Å². The van der Waals surface area contributed by atoms with E-state index in [2.05, 4.69) is 31.8 Å². The first-order chi connectivity index (χ1) is 11.4. The van der Waals surface area contributed by atoms with Crippen molar-refractivity contribution in [1.82, 2.24) is 19.6 Å². The minimum Gasteiger partial charge on any atom is -0.378 e. The molecule has 1 aliphatic rings. The summed E-state index contributed by atoms with van der Waals surface area (Å²) in [7, 11) is 0. The maximum atomic E-state index is 5.35. The van der Waals surface area contributed by atoms with Crippen molar-refractivity contribution in [3.63, 3.8) is 0 Å². The van der Waals surface area contributed by atoms with Crippen LogP contribution in [-0.2, 0) is 4.74 Å². The van der Waals surface area contributed by atoms with E-state index in [9.17, 15) is 0 Å². The summed E-state index contributed by atoms with van der Waals surface area (Å²) < 4.78 is 7.03. The molecular formula is C17H15N5O. The van der Waals surface area contributed by atoms with Crippen molar-refractivity contribution in [2.75, 3.05) is 31.2 Å². The molecule has 3 heterocycles. The van der Waals surface area contributed by atoms with Gasteiger partial charge < -0.3 is 9.64 Å². The molecule has 0 spiro atoms. The maximum Gasteiger partial charge on any atom is 0.254 e. The molecule has 0 aliphatic carbocycles. The van der Waals surface area contributed by atoms with E-state index in [0.717, 1.165) is 24.2 Å². The van der Waals surface area contributed by atoms with Gasteiger partial charge in [0, 0.05) is 31.0 Å². The molecule has 0 unspecified atom stereocenters. The van der Waals surface area contributed by atoms with Gasteiger partial charge in [-0.1, -0.05) is 30.0 Å². The molecule has 23 heavy (non-hydrogen) atoms. The number of hydrogen-bond acceptors (Lipinski definition) is 5. The van der Waals surface area contributed by atoms with Crippen LogP contribution in [-0.4, -0.2) is 45.9 Å². The first-order valence-electron chi connectivity index (χ1n) is 7.51. The van der Waals surface area contributed by atoms with Crippen molar-refractivity contribution in [2.24, 2.45) is 0 Å². The monoisotopic (exact) mass is 305 g/mol. The van der Waals surface area contributed by atoms with Crippen molar-refractivity contribution >= 4 is 11.7 Å². The molecule has 3 aromatic rings. The fraction of sp³-hybridized carbons (Fsp3) is 0.235. The van der Waals surface area contributed by atoms with Crippen LogP contribution in [0.2, 0.25) is 0 Å². The number of nitrogens with zero attached hydrogens (tertiary/aromatic N) is 5. The topological polar surface area (TPSA) is 55.5 Å². The normalized spacial score (nSPS) is 14.5. The van der Waals surface area contributed by atoms with E-state index < -0.39 is 0 Å². The Morgan fingerprint density at radius 3 is 2.61 bits per heavy atom. The van der Waals surface area contributed by atoms with Crippen molar-refractivity contribution in [3.05, 3.63) is 53.9 Å². The van der Waals surface area contributed by atoms with Gasteiger partial charge in [-0.2, -0.15) is 4.98 Å². The first-order valence-corrected chi connectivity index (χ1v) is 7.51. The van der Waals surface area contributed by atoms with Gasteiger partial charge in [0.05, 0.1) is 18.8 Å². The Balaban J connectivity index is 1.62. The number of fused-ring (bicyclic) bond motifs is 1. The van der Waals surface area contributed by atoms with Gasteiger partial charge >= 0.3 is 0 Å². The molecule has 114 valence electrons. The van der Waals surface area contributed by atoms with E-state index in [1.807, 2.05) is 36.5 Å². The summed E-state index contributed by atoms with van der Waals surface area (Å²) >= 11 is 0. The lowest BCUT2D eigenvalue weighted by Crippen LogP contribution is -2.36. The van der Waals surface area contributed by atoms with Crippen molar-refractivity contribution in [2.45, 2.75) is 0 Å². The summed E-state index contributed by atoms with van der Waals surface area (Å²) in [5, 5.41) is 4.50. The van der Waals surface area contributed by atoms with Gasteiger partial charge in [0.15, 0.2) is 0 Å². The summed E-state index contributed by atoms with van der Waals surface area (Å²) in [6, 6.07) is 9.87. The predicted octanol–water partition coefficient (Wildman–Crippen LogP) is 1.36. The third-order valence-electron chi connectivity index (χ3n) is 3.60. The Morgan fingerprint density at radius 2 is 1.78 bits per heavy atom. The molecule has 1 aromatic carbocycles. The van der Waals surface area contributed by atoms with Gasteiger partial charge in [0.1, 0.15) is 0 Å². The Hall–Kier alpha value is -2.91. The Kier molecular flexibility index (Phi) is 3.62. The van der Waals surface area contributed by atoms with E-state index in [4.69, 9.17) is 4.74 Å². The van der Waals surface area contributed by atoms with Gasteiger partial charge in [-0.15, -0.1) is 5.10 Å². The number of morpholine rings is 1. The molecular weight excluding hydrogens is 290 g/mol. The van der Waals surface area contributed by atoms with Gasteiger partial charge in [0.2, 0.25) is 5.95 Å². The van der Waals surface area contributed by atoms with E-state index in [1.165, 1.54) is 0 Å². The minimum atomic E-state index is 0.580. The van der Waals surface area contributed by atoms with Crippen LogP contribution in [0, 0.1) is 11.8 Å². The van der Waals surface area contributed by atoms with Crippen molar-refractivity contribution < 1.29 is 4.74 Å². The molecule has 1 aliphatic heterocycles. The quantitative estimate of drug-likeness (QED) is 0.635. The fourth-order valence-electron chi connectivity index (χ4n) is 2.40. The number of ether oxygens (including phenoxy) is 1. The average molecular weight is 305 g/mol. The highest BCUT2D eigenvalue weighted by molar-refractivity contribution is 5.44. The van der Waals surface area contributed by atoms with E-state index in [0.29, 0.717) is 24.9 Å². The molecule has 1 fully saturated rings. The number of hydrogen-bond donors (Lipinski definition) is 0. The third-order valence-corrected chi connectivity index (χ3v) is 3.60. The van der Waals surface area contributed by atoms with Crippen LogP contribution >= 0.6 is 0 Å². The fourth-order valence-corrected chi connectivity index (χ4v) is 2.40. The molecule has 0 radical (unpaired) electrons. The van der Waals surface area contributed by atoms with E-state index >= 15 is 0 Å². The van der Waals surface area contributed by atoms with Crippen LogP contribution in [0.15, 0.2) is 42.7 Å². The summed E-state index contributed by atoms with van der Waals surface area (Å²) in [6.45, 7) is 3.02. The van der Waals surface area contributed by atoms with Crippen LogP contribution in [0.25, 0.3) is 5.78 Å². The lowest BCUT2D eigenvalue weighted by Gasteiger charge is -2.25. The highest BCUT2D eigenvalue weighted by Gasteiger charge is 2.16. The average Bonchev–Trinajstić information content (AvgIpc) is 3.05. The predicted molar refractivity (Wildman–Crippen MR) is 86.2 cm³/mol. The Morgan fingerprint density at radius 1 is 1.00 bits per heavy atom. The summed E-state index contributed by atoms with van der Waals surface area (Å²) in [6.07, 6.45) is 3.58. The first kappa shape index (κ1) is 13.7. The van der Waals surface area contributed by atoms with Crippen LogP contribution in [0.3, 0.4) is 0 Å². The van der Waals surface area contributed by atoms with Gasteiger partial charge in [0.25, 0.3) is 5.78 Å². The lowest BCUT2D eigenvalue weighted by molar-refractivity contribution is 0.122. The summed E-state index contributed by atoms with van der Waals surface area (Å²) in [5.74, 6) is 7.49. The maximum absolute atomic E-state index is 5.35. The Labute approximate surface area is 133 Å². The molecule has 1 saturated heterocycles. The number of anilines is 1. The summed E-state index contributed by atoms with van der Waals surface area (Å²) in [4.78, 5) is 10.9. The highest BCUT2D eigenvalue weighted by Crippen LogP contribution is 2.11. The van der Waals surface area contributed by atoms with Gasteiger partial charge in [-0.25, -0.2) is 9.50 Å². The zero-order valence-corrected chi connectivity index (χ0v) is 12.5. The number of aromatic nitrogens is 4. The standard InChI is InChI=1S/C17H15N5O/c1-2-4-14(5-3-1)6-7-15-12-18-16-19-17(20-22(16)13-15)21-8-10-23-11-9-21/h1-5,12-13H,8-11H2. The molecule has 0 amide bonds. The number of benzene rings is 1. The molecule has 0 N–H and O–H groups in total.